The standard InChI is InChI=1S/C12H18N2O3.C2H2O4/c1-3-10(2)13-8-9-17-12-7-5-4-6-11(12)14(15)16;3-1(4)2(5)6/h4-7,10,13H,3,8-9H2,1-2H3;(H,3,4)(H,5,6). The van der Waals surface area contributed by atoms with Crippen LogP contribution in [-0.2, 0) is 9.59 Å². The summed E-state index contributed by atoms with van der Waals surface area (Å²) in [6.45, 7) is 5.29. The van der Waals surface area contributed by atoms with Gasteiger partial charge >= 0.3 is 17.6 Å². The van der Waals surface area contributed by atoms with Crippen molar-refractivity contribution in [2.24, 2.45) is 0 Å². The summed E-state index contributed by atoms with van der Waals surface area (Å²) in [5, 5.41) is 28.8. The summed E-state index contributed by atoms with van der Waals surface area (Å²) in [5.41, 5.74) is 0.0102. The Kier molecular flexibility index (Phi) is 9.69. The lowest BCUT2D eigenvalue weighted by molar-refractivity contribution is -0.385. The Morgan fingerprint density at radius 1 is 1.30 bits per heavy atom. The smallest absolute Gasteiger partial charge is 0.414 e. The molecule has 0 bridgehead atoms. The molecular formula is C14H20N2O7. The normalized spacial score (nSPS) is 10.9. The van der Waals surface area contributed by atoms with Crippen molar-refractivity contribution in [2.75, 3.05) is 13.2 Å². The summed E-state index contributed by atoms with van der Waals surface area (Å²) in [5.74, 6) is -3.33. The van der Waals surface area contributed by atoms with E-state index in [4.69, 9.17) is 24.5 Å². The Morgan fingerprint density at radius 2 is 1.87 bits per heavy atom. The minimum atomic E-state index is -1.82. The van der Waals surface area contributed by atoms with E-state index in [0.29, 0.717) is 24.9 Å². The zero-order valence-corrected chi connectivity index (χ0v) is 12.9. The molecule has 0 saturated carbocycles. The van der Waals surface area contributed by atoms with Crippen molar-refractivity contribution in [3.8, 4) is 5.75 Å². The highest BCUT2D eigenvalue weighted by molar-refractivity contribution is 6.27. The third-order valence-corrected chi connectivity index (χ3v) is 2.71. The first kappa shape index (κ1) is 20.3. The van der Waals surface area contributed by atoms with E-state index in [1.54, 1.807) is 18.2 Å². The Morgan fingerprint density at radius 3 is 2.35 bits per heavy atom. The third-order valence-electron chi connectivity index (χ3n) is 2.71. The Bertz CT molecular complexity index is 522. The van der Waals surface area contributed by atoms with E-state index >= 15 is 0 Å². The zero-order chi connectivity index (χ0) is 17.8. The summed E-state index contributed by atoms with van der Waals surface area (Å²) in [6, 6.07) is 6.84. The van der Waals surface area contributed by atoms with E-state index in [-0.39, 0.29) is 5.69 Å². The van der Waals surface area contributed by atoms with Crippen molar-refractivity contribution in [1.82, 2.24) is 5.32 Å². The van der Waals surface area contributed by atoms with Crippen molar-refractivity contribution in [1.29, 1.82) is 0 Å². The van der Waals surface area contributed by atoms with Crippen molar-refractivity contribution in [2.45, 2.75) is 26.3 Å². The molecule has 0 amide bonds. The van der Waals surface area contributed by atoms with Gasteiger partial charge in [0, 0.05) is 18.7 Å². The molecule has 0 aliphatic rings. The van der Waals surface area contributed by atoms with Crippen molar-refractivity contribution >= 4 is 17.6 Å². The summed E-state index contributed by atoms with van der Waals surface area (Å²) < 4.78 is 5.39. The number of para-hydroxylation sites is 2. The number of nitrogens with zero attached hydrogens (tertiary/aromatic N) is 1. The van der Waals surface area contributed by atoms with E-state index in [2.05, 4.69) is 19.2 Å². The summed E-state index contributed by atoms with van der Waals surface area (Å²) in [4.78, 5) is 28.5. The Labute approximate surface area is 133 Å². The number of hydrogen-bond donors (Lipinski definition) is 3. The average molecular weight is 328 g/mol. The minimum absolute atomic E-state index is 0.0102. The van der Waals surface area contributed by atoms with E-state index in [9.17, 15) is 10.1 Å². The largest absolute Gasteiger partial charge is 0.485 e. The lowest BCUT2D eigenvalue weighted by Gasteiger charge is -2.11. The molecule has 0 heterocycles. The second kappa shape index (κ2) is 11.0. The van der Waals surface area contributed by atoms with Gasteiger partial charge in [-0.2, -0.15) is 0 Å². The Balaban J connectivity index is 0.000000688. The maximum absolute atomic E-state index is 10.7. The molecule has 9 heteroatoms. The molecule has 9 nitrogen and oxygen atoms in total. The number of nitro benzene ring substituents is 1. The SMILES string of the molecule is CCC(C)NCCOc1ccccc1[N+](=O)[O-].O=C(O)C(=O)O. The van der Waals surface area contributed by atoms with Gasteiger partial charge in [-0.25, -0.2) is 9.59 Å². The third kappa shape index (κ3) is 9.04. The quantitative estimate of drug-likeness (QED) is 0.296. The number of nitro groups is 1. The second-order valence-corrected chi connectivity index (χ2v) is 4.45. The summed E-state index contributed by atoms with van der Waals surface area (Å²) in [7, 11) is 0. The van der Waals surface area contributed by atoms with Crippen LogP contribution < -0.4 is 10.1 Å². The molecule has 1 unspecified atom stereocenters. The number of nitrogens with one attached hydrogen (secondary N) is 1. The molecule has 0 spiro atoms. The fourth-order valence-corrected chi connectivity index (χ4v) is 1.34. The number of benzene rings is 1. The van der Waals surface area contributed by atoms with E-state index in [1.807, 2.05) is 0 Å². The van der Waals surface area contributed by atoms with Gasteiger partial charge in [0.05, 0.1) is 4.92 Å². The Hall–Kier alpha value is -2.68. The lowest BCUT2D eigenvalue weighted by atomic mass is 10.3. The molecule has 0 aliphatic carbocycles. The predicted molar refractivity (Wildman–Crippen MR) is 81.6 cm³/mol. The molecule has 0 radical (unpaired) electrons. The molecule has 0 saturated heterocycles. The van der Waals surface area contributed by atoms with Crippen LogP contribution in [0.4, 0.5) is 5.69 Å². The predicted octanol–water partition coefficient (Wildman–Crippen LogP) is 1.52. The van der Waals surface area contributed by atoms with Crippen LogP contribution in [0.2, 0.25) is 0 Å². The average Bonchev–Trinajstić information content (AvgIpc) is 2.52. The van der Waals surface area contributed by atoms with Crippen molar-refractivity contribution < 1.29 is 29.5 Å². The van der Waals surface area contributed by atoms with Crippen LogP contribution in [0.3, 0.4) is 0 Å². The highest BCUT2D eigenvalue weighted by Crippen LogP contribution is 2.25. The summed E-state index contributed by atoms with van der Waals surface area (Å²) >= 11 is 0. The van der Waals surface area contributed by atoms with Gasteiger partial charge in [0.1, 0.15) is 6.61 Å². The van der Waals surface area contributed by atoms with Gasteiger partial charge in [-0.1, -0.05) is 19.1 Å². The molecule has 1 aromatic carbocycles. The monoisotopic (exact) mass is 328 g/mol. The maximum Gasteiger partial charge on any atom is 0.414 e. The van der Waals surface area contributed by atoms with Crippen LogP contribution in [0, 0.1) is 10.1 Å². The molecule has 0 aromatic heterocycles. The van der Waals surface area contributed by atoms with Gasteiger partial charge < -0.3 is 20.3 Å². The number of hydrogen-bond acceptors (Lipinski definition) is 6. The first-order valence-electron chi connectivity index (χ1n) is 6.85. The van der Waals surface area contributed by atoms with E-state index in [1.165, 1.54) is 6.07 Å². The van der Waals surface area contributed by atoms with Gasteiger partial charge in [-0.15, -0.1) is 0 Å². The number of rotatable bonds is 7. The molecule has 1 rings (SSSR count). The number of carboxylic acids is 2. The zero-order valence-electron chi connectivity index (χ0n) is 12.9. The van der Waals surface area contributed by atoms with Crippen LogP contribution in [0.5, 0.6) is 5.75 Å². The first-order valence-corrected chi connectivity index (χ1v) is 6.85. The topological polar surface area (TPSA) is 139 Å². The molecule has 0 aliphatic heterocycles. The highest BCUT2D eigenvalue weighted by atomic mass is 16.6. The van der Waals surface area contributed by atoms with Crippen molar-refractivity contribution in [3.63, 3.8) is 0 Å². The fraction of sp³-hybridized carbons (Fsp3) is 0.429. The first-order chi connectivity index (χ1) is 10.8. The molecule has 128 valence electrons. The van der Waals surface area contributed by atoms with Crippen LogP contribution in [0.25, 0.3) is 0 Å². The second-order valence-electron chi connectivity index (χ2n) is 4.45. The minimum Gasteiger partial charge on any atom is -0.485 e. The molecule has 1 aromatic rings. The van der Waals surface area contributed by atoms with Crippen LogP contribution >= 0.6 is 0 Å². The number of carboxylic acid groups (broad SMARTS) is 2. The number of carbonyl (C=O) groups is 2. The lowest BCUT2D eigenvalue weighted by Crippen LogP contribution is -2.29. The molecule has 3 N–H and O–H groups in total. The van der Waals surface area contributed by atoms with Crippen LogP contribution in [0.15, 0.2) is 24.3 Å². The summed E-state index contributed by atoms with van der Waals surface area (Å²) in [6.07, 6.45) is 1.05. The van der Waals surface area contributed by atoms with Crippen molar-refractivity contribution in [3.05, 3.63) is 34.4 Å². The molecule has 0 fully saturated rings. The van der Waals surface area contributed by atoms with E-state index < -0.39 is 16.9 Å². The van der Waals surface area contributed by atoms with Gasteiger partial charge in [-0.3, -0.25) is 10.1 Å². The van der Waals surface area contributed by atoms with Gasteiger partial charge in [0.2, 0.25) is 0 Å². The van der Waals surface area contributed by atoms with Gasteiger partial charge in [-0.05, 0) is 19.4 Å². The number of aliphatic carboxylic acids is 2. The fourth-order valence-electron chi connectivity index (χ4n) is 1.34. The van der Waals surface area contributed by atoms with Crippen LogP contribution in [-0.4, -0.2) is 46.3 Å². The van der Waals surface area contributed by atoms with Gasteiger partial charge in [0.15, 0.2) is 5.75 Å². The van der Waals surface area contributed by atoms with Crippen LogP contribution in [0.1, 0.15) is 20.3 Å². The molecule has 23 heavy (non-hydrogen) atoms. The molecule has 1 atom stereocenters. The van der Waals surface area contributed by atoms with E-state index in [0.717, 1.165) is 6.42 Å². The maximum atomic E-state index is 10.7. The highest BCUT2D eigenvalue weighted by Gasteiger charge is 2.13. The number of ether oxygens (including phenoxy) is 1. The molecular weight excluding hydrogens is 308 g/mol. The van der Waals surface area contributed by atoms with Gasteiger partial charge in [0.25, 0.3) is 0 Å².